The molecule has 8 heteroatoms. The van der Waals surface area contributed by atoms with Crippen LogP contribution in [0, 0.1) is 5.82 Å². The van der Waals surface area contributed by atoms with Gasteiger partial charge in [-0.25, -0.2) is 4.39 Å². The van der Waals surface area contributed by atoms with Crippen LogP contribution in [-0.2, 0) is 9.59 Å². The number of nitrogens with one attached hydrogen (secondary N) is 3. The third-order valence-electron chi connectivity index (χ3n) is 3.36. The van der Waals surface area contributed by atoms with Gasteiger partial charge in [0.1, 0.15) is 12.2 Å². The van der Waals surface area contributed by atoms with E-state index in [1.165, 1.54) is 17.0 Å². The van der Waals surface area contributed by atoms with E-state index < -0.39 is 11.7 Å². The van der Waals surface area contributed by atoms with Crippen LogP contribution in [0.3, 0.4) is 0 Å². The topological polar surface area (TPSA) is 73.5 Å². The molecular formula is C14H18ClFN4O2. The second-order valence-corrected chi connectivity index (χ2v) is 5.59. The lowest BCUT2D eigenvalue weighted by atomic mass is 10.2. The number of hydrazine groups is 1. The second-order valence-electron chi connectivity index (χ2n) is 5.18. The Bertz CT molecular complexity index is 564. The van der Waals surface area contributed by atoms with Crippen molar-refractivity contribution in [2.75, 3.05) is 25.5 Å². The van der Waals surface area contributed by atoms with E-state index in [4.69, 9.17) is 11.6 Å². The van der Waals surface area contributed by atoms with Crippen molar-refractivity contribution >= 4 is 29.1 Å². The number of hydrogen-bond donors (Lipinski definition) is 3. The van der Waals surface area contributed by atoms with Crippen molar-refractivity contribution in [1.29, 1.82) is 0 Å². The molecule has 120 valence electrons. The Kier molecular flexibility index (Phi) is 5.70. The molecular weight excluding hydrogens is 311 g/mol. The third-order valence-corrected chi connectivity index (χ3v) is 3.65. The van der Waals surface area contributed by atoms with E-state index >= 15 is 0 Å². The van der Waals surface area contributed by atoms with Crippen LogP contribution in [0.25, 0.3) is 0 Å². The Balaban J connectivity index is 1.82. The number of hydrogen-bond acceptors (Lipinski definition) is 4. The predicted octanol–water partition coefficient (Wildman–Crippen LogP) is 1.13. The molecule has 0 saturated carbocycles. The SMILES string of the molecule is CN(CC1CCNN1)C(=O)CC(=O)Nc1ccc(F)c(Cl)c1. The van der Waals surface area contributed by atoms with Crippen LogP contribution < -0.4 is 16.2 Å². The molecule has 2 rings (SSSR count). The van der Waals surface area contributed by atoms with Gasteiger partial charge in [0, 0.05) is 31.9 Å². The zero-order valence-corrected chi connectivity index (χ0v) is 12.9. The summed E-state index contributed by atoms with van der Waals surface area (Å²) in [6, 6.07) is 4.04. The first-order valence-electron chi connectivity index (χ1n) is 6.93. The van der Waals surface area contributed by atoms with Gasteiger partial charge in [0.2, 0.25) is 11.8 Å². The van der Waals surface area contributed by atoms with Crippen LogP contribution in [0.15, 0.2) is 18.2 Å². The molecule has 0 aliphatic carbocycles. The van der Waals surface area contributed by atoms with Crippen molar-refractivity contribution in [1.82, 2.24) is 15.8 Å². The standard InChI is InChI=1S/C14H18ClFN4O2/c1-20(8-10-4-5-17-19-10)14(22)7-13(21)18-9-2-3-12(16)11(15)6-9/h2-3,6,10,17,19H,4-5,7-8H2,1H3,(H,18,21). The van der Waals surface area contributed by atoms with Gasteiger partial charge in [0.25, 0.3) is 0 Å². The molecule has 6 nitrogen and oxygen atoms in total. The number of rotatable bonds is 5. The summed E-state index contributed by atoms with van der Waals surface area (Å²) in [6.45, 7) is 1.39. The Morgan fingerprint density at radius 1 is 1.50 bits per heavy atom. The Hall–Kier alpha value is -1.70. The first-order valence-corrected chi connectivity index (χ1v) is 7.31. The molecule has 1 fully saturated rings. The summed E-state index contributed by atoms with van der Waals surface area (Å²) >= 11 is 5.63. The van der Waals surface area contributed by atoms with E-state index in [9.17, 15) is 14.0 Å². The summed E-state index contributed by atoms with van der Waals surface area (Å²) < 4.78 is 13.0. The number of likely N-dealkylation sites (N-methyl/N-ethyl adjacent to an activating group) is 1. The lowest BCUT2D eigenvalue weighted by Gasteiger charge is -2.20. The summed E-state index contributed by atoms with van der Waals surface area (Å²) in [5.41, 5.74) is 6.40. The fourth-order valence-corrected chi connectivity index (χ4v) is 2.34. The van der Waals surface area contributed by atoms with E-state index in [1.807, 2.05) is 0 Å². The van der Waals surface area contributed by atoms with E-state index in [0.29, 0.717) is 12.2 Å². The van der Waals surface area contributed by atoms with Crippen LogP contribution in [0.4, 0.5) is 10.1 Å². The minimum Gasteiger partial charge on any atom is -0.344 e. The number of anilines is 1. The van der Waals surface area contributed by atoms with Gasteiger partial charge < -0.3 is 10.2 Å². The van der Waals surface area contributed by atoms with Gasteiger partial charge in [-0.15, -0.1) is 0 Å². The minimum absolute atomic E-state index is 0.0824. The minimum atomic E-state index is -0.562. The normalized spacial score (nSPS) is 17.3. The predicted molar refractivity (Wildman–Crippen MR) is 81.8 cm³/mol. The molecule has 0 spiro atoms. The first kappa shape index (κ1) is 16.7. The van der Waals surface area contributed by atoms with Gasteiger partial charge in [-0.05, 0) is 24.6 Å². The number of carbonyl (C=O) groups excluding carboxylic acids is 2. The summed E-state index contributed by atoms with van der Waals surface area (Å²) in [7, 11) is 1.66. The van der Waals surface area contributed by atoms with Crippen molar-refractivity contribution in [2.24, 2.45) is 0 Å². The van der Waals surface area contributed by atoms with E-state index in [1.54, 1.807) is 7.05 Å². The third kappa shape index (κ3) is 4.66. The molecule has 1 saturated heterocycles. The number of benzene rings is 1. The van der Waals surface area contributed by atoms with E-state index in [2.05, 4.69) is 16.2 Å². The lowest BCUT2D eigenvalue weighted by molar-refractivity contribution is -0.133. The maximum Gasteiger partial charge on any atom is 0.233 e. The molecule has 0 bridgehead atoms. The zero-order chi connectivity index (χ0) is 16.1. The highest BCUT2D eigenvalue weighted by molar-refractivity contribution is 6.31. The zero-order valence-electron chi connectivity index (χ0n) is 12.2. The smallest absolute Gasteiger partial charge is 0.233 e. The number of amides is 2. The van der Waals surface area contributed by atoms with E-state index in [0.717, 1.165) is 19.0 Å². The summed E-state index contributed by atoms with van der Waals surface area (Å²) in [6.07, 6.45) is 0.656. The Morgan fingerprint density at radius 2 is 2.27 bits per heavy atom. The highest BCUT2D eigenvalue weighted by Gasteiger charge is 2.20. The van der Waals surface area contributed by atoms with Gasteiger partial charge in [0.15, 0.2) is 0 Å². The maximum atomic E-state index is 13.0. The first-order chi connectivity index (χ1) is 10.5. The van der Waals surface area contributed by atoms with E-state index in [-0.39, 0.29) is 23.4 Å². The molecule has 1 aromatic rings. The highest BCUT2D eigenvalue weighted by Crippen LogP contribution is 2.19. The van der Waals surface area contributed by atoms with Gasteiger partial charge in [0.05, 0.1) is 5.02 Å². The van der Waals surface area contributed by atoms with Crippen LogP contribution in [0.5, 0.6) is 0 Å². The monoisotopic (exact) mass is 328 g/mol. The molecule has 2 amide bonds. The molecule has 0 radical (unpaired) electrons. The summed E-state index contributed by atoms with van der Waals surface area (Å²) in [5.74, 6) is -1.30. The molecule has 1 atom stereocenters. The fourth-order valence-electron chi connectivity index (χ4n) is 2.16. The molecule has 3 N–H and O–H groups in total. The Morgan fingerprint density at radius 3 is 2.91 bits per heavy atom. The van der Waals surface area contributed by atoms with Crippen LogP contribution in [0.1, 0.15) is 12.8 Å². The molecule has 1 aliphatic rings. The molecule has 0 aromatic heterocycles. The molecule has 22 heavy (non-hydrogen) atoms. The maximum absolute atomic E-state index is 13.0. The fraction of sp³-hybridized carbons (Fsp3) is 0.429. The summed E-state index contributed by atoms with van der Waals surface area (Å²) in [5, 5.41) is 2.44. The number of carbonyl (C=O) groups is 2. The van der Waals surface area contributed by atoms with Crippen molar-refractivity contribution in [3.8, 4) is 0 Å². The average molecular weight is 329 g/mol. The lowest BCUT2D eigenvalue weighted by Crippen LogP contribution is -2.41. The van der Waals surface area contributed by atoms with Crippen molar-refractivity contribution < 1.29 is 14.0 Å². The number of nitrogens with zero attached hydrogens (tertiary/aromatic N) is 1. The van der Waals surface area contributed by atoms with Gasteiger partial charge in [-0.3, -0.25) is 20.4 Å². The highest BCUT2D eigenvalue weighted by atomic mass is 35.5. The van der Waals surface area contributed by atoms with Gasteiger partial charge >= 0.3 is 0 Å². The average Bonchev–Trinajstić information content (AvgIpc) is 2.95. The molecule has 1 aliphatic heterocycles. The summed E-state index contributed by atoms with van der Waals surface area (Å²) in [4.78, 5) is 25.3. The van der Waals surface area contributed by atoms with Crippen LogP contribution >= 0.6 is 11.6 Å². The quantitative estimate of drug-likeness (QED) is 0.709. The van der Waals surface area contributed by atoms with Crippen molar-refractivity contribution in [3.63, 3.8) is 0 Å². The van der Waals surface area contributed by atoms with Crippen LogP contribution in [0.2, 0.25) is 5.02 Å². The van der Waals surface area contributed by atoms with Crippen LogP contribution in [-0.4, -0.2) is 42.9 Å². The van der Waals surface area contributed by atoms with Crippen molar-refractivity contribution in [2.45, 2.75) is 18.9 Å². The largest absolute Gasteiger partial charge is 0.344 e. The van der Waals surface area contributed by atoms with Crippen molar-refractivity contribution in [3.05, 3.63) is 29.0 Å². The molecule has 1 heterocycles. The van der Waals surface area contributed by atoms with Gasteiger partial charge in [-0.1, -0.05) is 11.6 Å². The second kappa shape index (κ2) is 7.53. The molecule has 1 aromatic carbocycles. The Labute approximate surface area is 133 Å². The molecule has 1 unspecified atom stereocenters. The van der Waals surface area contributed by atoms with Gasteiger partial charge in [-0.2, -0.15) is 0 Å². The number of halogens is 2.